The van der Waals surface area contributed by atoms with Crippen molar-refractivity contribution in [3.05, 3.63) is 34.9 Å². The summed E-state index contributed by atoms with van der Waals surface area (Å²) in [6.07, 6.45) is 3.66. The predicted octanol–water partition coefficient (Wildman–Crippen LogP) is 3.41. The van der Waals surface area contributed by atoms with Crippen LogP contribution in [0.2, 0.25) is 5.28 Å². The molecule has 0 spiro atoms. The molecule has 0 aliphatic rings. The van der Waals surface area contributed by atoms with Gasteiger partial charge in [-0.15, -0.1) is 0 Å². The highest BCUT2D eigenvalue weighted by molar-refractivity contribution is 6.28. The lowest BCUT2D eigenvalue weighted by Crippen LogP contribution is -1.99. The Kier molecular flexibility index (Phi) is 3.70. The molecular weight excluding hydrogens is 288 g/mol. The summed E-state index contributed by atoms with van der Waals surface area (Å²) in [5.74, 6) is 1.25. The third kappa shape index (κ3) is 2.80. The number of pyridine rings is 1. The van der Waals surface area contributed by atoms with Gasteiger partial charge in [-0.2, -0.15) is 10.1 Å². The lowest BCUT2D eigenvalue weighted by Gasteiger charge is -2.05. The number of nitrogens with one attached hydrogen (secondary N) is 2. The van der Waals surface area contributed by atoms with E-state index in [1.54, 1.807) is 6.20 Å². The second-order valence-electron chi connectivity index (χ2n) is 4.84. The Morgan fingerprint density at radius 2 is 2.10 bits per heavy atom. The maximum absolute atomic E-state index is 6.02. The molecule has 7 heteroatoms. The zero-order chi connectivity index (χ0) is 14.8. The van der Waals surface area contributed by atoms with Gasteiger partial charge in [0.1, 0.15) is 11.3 Å². The molecule has 0 aliphatic heterocycles. The van der Waals surface area contributed by atoms with Gasteiger partial charge in [0.05, 0.1) is 5.69 Å². The zero-order valence-corrected chi connectivity index (χ0v) is 12.6. The van der Waals surface area contributed by atoms with E-state index in [1.165, 1.54) is 0 Å². The number of aromatic nitrogens is 5. The topological polar surface area (TPSA) is 79.4 Å². The average molecular weight is 303 g/mol. The Morgan fingerprint density at radius 3 is 2.81 bits per heavy atom. The molecule has 3 heterocycles. The molecule has 0 atom stereocenters. The SMILES string of the molecule is CCCc1[nH]nc2c(Nc3ccc(C)cn3)nc(Cl)nc12. The maximum atomic E-state index is 6.02. The summed E-state index contributed by atoms with van der Waals surface area (Å²) in [7, 11) is 0. The van der Waals surface area contributed by atoms with Crippen LogP contribution in [-0.2, 0) is 6.42 Å². The summed E-state index contributed by atoms with van der Waals surface area (Å²) >= 11 is 6.02. The van der Waals surface area contributed by atoms with E-state index >= 15 is 0 Å². The minimum absolute atomic E-state index is 0.191. The van der Waals surface area contributed by atoms with Crippen molar-refractivity contribution in [2.75, 3.05) is 5.32 Å². The van der Waals surface area contributed by atoms with E-state index in [1.807, 2.05) is 19.1 Å². The fraction of sp³-hybridized carbons (Fsp3) is 0.286. The summed E-state index contributed by atoms with van der Waals surface area (Å²) in [5.41, 5.74) is 3.49. The molecule has 0 saturated carbocycles. The standard InChI is InChI=1S/C14H15ClN6/c1-3-4-9-11-12(21-20-9)13(19-14(15)18-11)17-10-6-5-8(2)7-16-10/h5-7H,3-4H2,1-2H3,(H,20,21)(H,16,17,18,19). The number of nitrogens with zero attached hydrogens (tertiary/aromatic N) is 4. The number of hydrogen-bond acceptors (Lipinski definition) is 5. The number of aromatic amines is 1. The van der Waals surface area contributed by atoms with Crippen molar-refractivity contribution in [1.29, 1.82) is 0 Å². The van der Waals surface area contributed by atoms with Gasteiger partial charge >= 0.3 is 0 Å². The molecule has 0 aromatic carbocycles. The van der Waals surface area contributed by atoms with Gasteiger partial charge in [-0.05, 0) is 36.6 Å². The van der Waals surface area contributed by atoms with Crippen LogP contribution in [0.4, 0.5) is 11.6 Å². The number of halogens is 1. The largest absolute Gasteiger partial charge is 0.323 e. The van der Waals surface area contributed by atoms with E-state index in [-0.39, 0.29) is 5.28 Å². The summed E-state index contributed by atoms with van der Waals surface area (Å²) in [5, 5.41) is 10.6. The Morgan fingerprint density at radius 1 is 1.24 bits per heavy atom. The fourth-order valence-electron chi connectivity index (χ4n) is 2.09. The van der Waals surface area contributed by atoms with Gasteiger partial charge in [0.15, 0.2) is 11.3 Å². The van der Waals surface area contributed by atoms with Gasteiger partial charge in [0, 0.05) is 6.20 Å². The van der Waals surface area contributed by atoms with Crippen LogP contribution in [0.3, 0.4) is 0 Å². The van der Waals surface area contributed by atoms with Crippen LogP contribution in [-0.4, -0.2) is 25.1 Å². The first-order chi connectivity index (χ1) is 10.2. The lowest BCUT2D eigenvalue weighted by atomic mass is 10.2. The molecule has 0 aliphatic carbocycles. The van der Waals surface area contributed by atoms with Gasteiger partial charge in [-0.3, -0.25) is 5.10 Å². The second-order valence-corrected chi connectivity index (χ2v) is 5.17. The van der Waals surface area contributed by atoms with Crippen LogP contribution >= 0.6 is 11.6 Å². The number of fused-ring (bicyclic) bond motifs is 1. The van der Waals surface area contributed by atoms with E-state index in [9.17, 15) is 0 Å². The molecule has 3 aromatic rings. The van der Waals surface area contributed by atoms with Crippen molar-refractivity contribution in [3.63, 3.8) is 0 Å². The van der Waals surface area contributed by atoms with E-state index in [4.69, 9.17) is 11.6 Å². The van der Waals surface area contributed by atoms with Crippen molar-refractivity contribution < 1.29 is 0 Å². The molecule has 0 amide bonds. The molecule has 0 radical (unpaired) electrons. The highest BCUT2D eigenvalue weighted by Crippen LogP contribution is 2.25. The van der Waals surface area contributed by atoms with E-state index in [0.29, 0.717) is 17.2 Å². The van der Waals surface area contributed by atoms with Gasteiger partial charge in [-0.1, -0.05) is 19.4 Å². The molecule has 21 heavy (non-hydrogen) atoms. The van der Waals surface area contributed by atoms with Gasteiger partial charge in [-0.25, -0.2) is 9.97 Å². The van der Waals surface area contributed by atoms with Crippen molar-refractivity contribution >= 4 is 34.3 Å². The van der Waals surface area contributed by atoms with Crippen molar-refractivity contribution in [2.45, 2.75) is 26.7 Å². The maximum Gasteiger partial charge on any atom is 0.225 e. The first-order valence-corrected chi connectivity index (χ1v) is 7.15. The van der Waals surface area contributed by atoms with E-state index in [2.05, 4.69) is 37.4 Å². The number of H-pyrrole nitrogens is 1. The molecule has 0 fully saturated rings. The smallest absolute Gasteiger partial charge is 0.225 e. The van der Waals surface area contributed by atoms with E-state index in [0.717, 1.165) is 29.6 Å². The number of aryl methyl sites for hydroxylation is 2. The van der Waals surface area contributed by atoms with Gasteiger partial charge in [0.2, 0.25) is 5.28 Å². The molecule has 2 N–H and O–H groups in total. The Labute approximate surface area is 127 Å². The monoisotopic (exact) mass is 302 g/mol. The van der Waals surface area contributed by atoms with Gasteiger partial charge in [0.25, 0.3) is 0 Å². The van der Waals surface area contributed by atoms with Crippen LogP contribution in [0.15, 0.2) is 18.3 Å². The number of anilines is 2. The third-order valence-electron chi connectivity index (χ3n) is 3.10. The minimum Gasteiger partial charge on any atom is -0.323 e. The number of rotatable bonds is 4. The first-order valence-electron chi connectivity index (χ1n) is 6.77. The first kappa shape index (κ1) is 13.8. The highest BCUT2D eigenvalue weighted by Gasteiger charge is 2.14. The summed E-state index contributed by atoms with van der Waals surface area (Å²) in [6, 6.07) is 3.86. The minimum atomic E-state index is 0.191. The predicted molar refractivity (Wildman–Crippen MR) is 82.9 cm³/mol. The van der Waals surface area contributed by atoms with Crippen LogP contribution in [0.25, 0.3) is 11.0 Å². The van der Waals surface area contributed by atoms with Crippen molar-refractivity contribution in [3.8, 4) is 0 Å². The molecule has 0 bridgehead atoms. The molecule has 0 saturated heterocycles. The second kappa shape index (κ2) is 5.65. The van der Waals surface area contributed by atoms with Crippen LogP contribution in [0.5, 0.6) is 0 Å². The molecular formula is C14H15ClN6. The summed E-state index contributed by atoms with van der Waals surface area (Å²) in [6.45, 7) is 4.09. The summed E-state index contributed by atoms with van der Waals surface area (Å²) in [4.78, 5) is 12.8. The summed E-state index contributed by atoms with van der Waals surface area (Å²) < 4.78 is 0. The zero-order valence-electron chi connectivity index (χ0n) is 11.8. The highest BCUT2D eigenvalue weighted by atomic mass is 35.5. The van der Waals surface area contributed by atoms with Gasteiger partial charge < -0.3 is 5.32 Å². The Hall–Kier alpha value is -2.21. The Balaban J connectivity index is 2.03. The quantitative estimate of drug-likeness (QED) is 0.722. The molecule has 3 rings (SSSR count). The van der Waals surface area contributed by atoms with E-state index < -0.39 is 0 Å². The Bertz CT molecular complexity index is 765. The molecule has 3 aromatic heterocycles. The average Bonchev–Trinajstić information content (AvgIpc) is 2.85. The number of hydrogen-bond donors (Lipinski definition) is 2. The van der Waals surface area contributed by atoms with Crippen LogP contribution in [0.1, 0.15) is 24.6 Å². The fourth-order valence-corrected chi connectivity index (χ4v) is 2.26. The molecule has 6 nitrogen and oxygen atoms in total. The lowest BCUT2D eigenvalue weighted by molar-refractivity contribution is 0.871. The van der Waals surface area contributed by atoms with Crippen molar-refractivity contribution in [1.82, 2.24) is 25.1 Å². The molecule has 0 unspecified atom stereocenters. The third-order valence-corrected chi connectivity index (χ3v) is 3.27. The van der Waals surface area contributed by atoms with Crippen LogP contribution < -0.4 is 5.32 Å². The van der Waals surface area contributed by atoms with Crippen LogP contribution in [0, 0.1) is 6.92 Å². The normalized spacial score (nSPS) is 11.0. The molecule has 108 valence electrons. The van der Waals surface area contributed by atoms with Crippen molar-refractivity contribution in [2.24, 2.45) is 0 Å².